The second kappa shape index (κ2) is 6.39. The van der Waals surface area contributed by atoms with Gasteiger partial charge >= 0.3 is 5.97 Å². The number of ether oxygens (including phenoxy) is 1. The normalized spacial score (nSPS) is 11.9. The summed E-state index contributed by atoms with van der Waals surface area (Å²) in [5.41, 5.74) is 1.52. The van der Waals surface area contributed by atoms with E-state index in [1.165, 1.54) is 0 Å². The van der Waals surface area contributed by atoms with Crippen molar-refractivity contribution in [1.29, 1.82) is 0 Å². The lowest BCUT2D eigenvalue weighted by atomic mass is 10.1. The van der Waals surface area contributed by atoms with E-state index in [1.807, 2.05) is 37.3 Å². The zero-order valence-electron chi connectivity index (χ0n) is 10.7. The molecule has 2 rings (SSSR count). The molecule has 0 aliphatic carbocycles. The highest BCUT2D eigenvalue weighted by atomic mass is 35.5. The molecule has 0 aliphatic rings. The SMILES string of the molecule is CCC(OC(=O)c1ccc(Cl)cc1)c1ccccc1. The Morgan fingerprint density at radius 3 is 2.32 bits per heavy atom. The molecule has 3 heteroatoms. The van der Waals surface area contributed by atoms with Crippen LogP contribution in [0.25, 0.3) is 0 Å². The van der Waals surface area contributed by atoms with E-state index in [1.54, 1.807) is 24.3 Å². The summed E-state index contributed by atoms with van der Waals surface area (Å²) in [6.07, 6.45) is 0.521. The first-order chi connectivity index (χ1) is 9.20. The monoisotopic (exact) mass is 274 g/mol. The van der Waals surface area contributed by atoms with Crippen LogP contribution < -0.4 is 0 Å². The van der Waals surface area contributed by atoms with Gasteiger partial charge < -0.3 is 4.74 Å². The third-order valence-corrected chi connectivity index (χ3v) is 3.12. The lowest BCUT2D eigenvalue weighted by Crippen LogP contribution is -2.11. The van der Waals surface area contributed by atoms with E-state index in [0.717, 1.165) is 12.0 Å². The van der Waals surface area contributed by atoms with Crippen LogP contribution in [0.4, 0.5) is 0 Å². The number of carbonyl (C=O) groups excluding carboxylic acids is 1. The zero-order chi connectivity index (χ0) is 13.7. The highest BCUT2D eigenvalue weighted by Crippen LogP contribution is 2.22. The van der Waals surface area contributed by atoms with Crippen LogP contribution in [0.2, 0.25) is 5.02 Å². The Hall–Kier alpha value is -1.80. The maximum atomic E-state index is 12.0. The van der Waals surface area contributed by atoms with Crippen molar-refractivity contribution in [2.45, 2.75) is 19.4 Å². The first kappa shape index (κ1) is 13.6. The van der Waals surface area contributed by atoms with Crippen LogP contribution >= 0.6 is 11.6 Å². The molecule has 2 aromatic rings. The van der Waals surface area contributed by atoms with Crippen molar-refractivity contribution in [1.82, 2.24) is 0 Å². The van der Waals surface area contributed by atoms with Gasteiger partial charge in [0.1, 0.15) is 6.10 Å². The predicted octanol–water partition coefficient (Wildman–Crippen LogP) is 4.65. The van der Waals surface area contributed by atoms with Crippen LogP contribution in [-0.4, -0.2) is 5.97 Å². The van der Waals surface area contributed by atoms with Gasteiger partial charge in [0.2, 0.25) is 0 Å². The first-order valence-corrected chi connectivity index (χ1v) is 6.60. The van der Waals surface area contributed by atoms with Crippen molar-refractivity contribution in [3.8, 4) is 0 Å². The molecule has 2 nitrogen and oxygen atoms in total. The summed E-state index contributed by atoms with van der Waals surface area (Å²) in [5, 5.41) is 0.603. The Kier molecular flexibility index (Phi) is 4.58. The van der Waals surface area contributed by atoms with Crippen LogP contribution in [0.3, 0.4) is 0 Å². The molecule has 0 bridgehead atoms. The third-order valence-electron chi connectivity index (χ3n) is 2.87. The second-order valence-corrected chi connectivity index (χ2v) is 4.66. The van der Waals surface area contributed by atoms with Crippen molar-refractivity contribution in [2.75, 3.05) is 0 Å². The molecule has 0 aliphatic heterocycles. The zero-order valence-corrected chi connectivity index (χ0v) is 11.4. The Balaban J connectivity index is 2.10. The number of halogens is 1. The average molecular weight is 275 g/mol. The topological polar surface area (TPSA) is 26.3 Å². The van der Waals surface area contributed by atoms with Crippen molar-refractivity contribution in [3.05, 3.63) is 70.7 Å². The quantitative estimate of drug-likeness (QED) is 0.759. The summed E-state index contributed by atoms with van der Waals surface area (Å²) in [6.45, 7) is 1.99. The van der Waals surface area contributed by atoms with Gasteiger partial charge in [-0.25, -0.2) is 4.79 Å². The molecule has 0 aromatic heterocycles. The number of rotatable bonds is 4. The van der Waals surface area contributed by atoms with Crippen LogP contribution in [0.5, 0.6) is 0 Å². The fraction of sp³-hybridized carbons (Fsp3) is 0.188. The maximum absolute atomic E-state index is 12.0. The van der Waals surface area contributed by atoms with E-state index in [9.17, 15) is 4.79 Å². The largest absolute Gasteiger partial charge is 0.454 e. The smallest absolute Gasteiger partial charge is 0.338 e. The van der Waals surface area contributed by atoms with Gasteiger partial charge in [-0.2, -0.15) is 0 Å². The van der Waals surface area contributed by atoms with Gasteiger partial charge in [-0.3, -0.25) is 0 Å². The lowest BCUT2D eigenvalue weighted by Gasteiger charge is -2.16. The van der Waals surface area contributed by atoms with E-state index in [-0.39, 0.29) is 12.1 Å². The molecule has 0 heterocycles. The van der Waals surface area contributed by atoms with Crippen LogP contribution in [0, 0.1) is 0 Å². The maximum Gasteiger partial charge on any atom is 0.338 e. The van der Waals surface area contributed by atoms with Gasteiger partial charge in [0.15, 0.2) is 0 Å². The highest BCUT2D eigenvalue weighted by Gasteiger charge is 2.15. The Morgan fingerprint density at radius 2 is 1.74 bits per heavy atom. The fourth-order valence-electron chi connectivity index (χ4n) is 1.84. The number of hydrogen-bond donors (Lipinski definition) is 0. The van der Waals surface area contributed by atoms with E-state index in [0.29, 0.717) is 10.6 Å². The molecule has 0 spiro atoms. The molecule has 1 unspecified atom stereocenters. The predicted molar refractivity (Wildman–Crippen MR) is 76.3 cm³/mol. The molecule has 98 valence electrons. The molecular weight excluding hydrogens is 260 g/mol. The van der Waals surface area contributed by atoms with Gasteiger partial charge in [0.05, 0.1) is 5.56 Å². The fourth-order valence-corrected chi connectivity index (χ4v) is 1.96. The Bertz CT molecular complexity index is 534. The standard InChI is InChI=1S/C16H15ClO2/c1-2-15(12-6-4-3-5-7-12)19-16(18)13-8-10-14(17)11-9-13/h3-11,15H,2H2,1H3. The molecule has 0 fully saturated rings. The van der Waals surface area contributed by atoms with Crippen molar-refractivity contribution >= 4 is 17.6 Å². The molecule has 19 heavy (non-hydrogen) atoms. The third kappa shape index (κ3) is 3.58. The summed E-state index contributed by atoms with van der Waals surface area (Å²) in [7, 11) is 0. The van der Waals surface area contributed by atoms with Crippen molar-refractivity contribution in [3.63, 3.8) is 0 Å². The van der Waals surface area contributed by atoms with Gasteiger partial charge in [0.25, 0.3) is 0 Å². The molecule has 0 N–H and O–H groups in total. The first-order valence-electron chi connectivity index (χ1n) is 6.22. The van der Waals surface area contributed by atoms with Crippen LogP contribution in [0.1, 0.15) is 35.4 Å². The summed E-state index contributed by atoms with van der Waals surface area (Å²) in [4.78, 5) is 12.0. The highest BCUT2D eigenvalue weighted by molar-refractivity contribution is 6.30. The number of benzene rings is 2. The van der Waals surface area contributed by atoms with Gasteiger partial charge in [-0.15, -0.1) is 0 Å². The molecule has 1 atom stereocenters. The lowest BCUT2D eigenvalue weighted by molar-refractivity contribution is 0.0288. The van der Waals surface area contributed by atoms with E-state index < -0.39 is 0 Å². The van der Waals surface area contributed by atoms with Gasteiger partial charge in [-0.05, 0) is 36.2 Å². The van der Waals surface area contributed by atoms with Gasteiger partial charge in [-0.1, -0.05) is 48.9 Å². The van der Waals surface area contributed by atoms with E-state index in [2.05, 4.69) is 0 Å². The summed E-state index contributed by atoms with van der Waals surface area (Å²) >= 11 is 5.79. The van der Waals surface area contributed by atoms with Crippen LogP contribution in [0.15, 0.2) is 54.6 Å². The van der Waals surface area contributed by atoms with Crippen molar-refractivity contribution < 1.29 is 9.53 Å². The minimum atomic E-state index is -0.327. The molecular formula is C16H15ClO2. The number of hydrogen-bond acceptors (Lipinski definition) is 2. The van der Waals surface area contributed by atoms with Crippen LogP contribution in [-0.2, 0) is 4.74 Å². The number of carbonyl (C=O) groups is 1. The molecule has 0 radical (unpaired) electrons. The molecule has 0 saturated carbocycles. The van der Waals surface area contributed by atoms with E-state index in [4.69, 9.17) is 16.3 Å². The summed E-state index contributed by atoms with van der Waals surface area (Å²) in [6, 6.07) is 16.4. The average Bonchev–Trinajstić information content (AvgIpc) is 2.46. The minimum Gasteiger partial charge on any atom is -0.454 e. The van der Waals surface area contributed by atoms with Crippen molar-refractivity contribution in [2.24, 2.45) is 0 Å². The Labute approximate surface area is 118 Å². The molecule has 0 amide bonds. The van der Waals surface area contributed by atoms with E-state index >= 15 is 0 Å². The minimum absolute atomic E-state index is 0.218. The Morgan fingerprint density at radius 1 is 1.11 bits per heavy atom. The second-order valence-electron chi connectivity index (χ2n) is 4.22. The summed E-state index contributed by atoms with van der Waals surface area (Å²) in [5.74, 6) is -0.327. The molecule has 0 saturated heterocycles. The number of esters is 1. The van der Waals surface area contributed by atoms with Gasteiger partial charge in [0, 0.05) is 5.02 Å². The summed E-state index contributed by atoms with van der Waals surface area (Å²) < 4.78 is 5.53. The molecule has 2 aromatic carbocycles.